The molecule has 0 saturated heterocycles. The normalized spacial score (nSPS) is 11.3. The number of alkyl halides is 3. The Kier molecular flexibility index (Phi) is 4.03. The fourth-order valence-corrected chi connectivity index (χ4v) is 1.89. The molecule has 2 aromatic rings. The molecule has 2 N–H and O–H groups in total. The molecule has 8 heteroatoms. The van der Waals surface area contributed by atoms with Gasteiger partial charge in [-0.05, 0) is 35.9 Å². The number of anilines is 1. The zero-order chi connectivity index (χ0) is 16.5. The molecule has 0 fully saturated rings. The van der Waals surface area contributed by atoms with E-state index in [0.717, 1.165) is 18.2 Å². The van der Waals surface area contributed by atoms with Crippen molar-refractivity contribution in [3.63, 3.8) is 0 Å². The number of hydrogen-bond donors (Lipinski definition) is 2. The SMILES string of the molecule is O=C(O)Nc1ccc(C(F)(F)F)cc1-c1cc(F)cc(F)c1. The molecule has 116 valence electrons. The van der Waals surface area contributed by atoms with Crippen molar-refractivity contribution in [1.29, 1.82) is 0 Å². The molecule has 1 amide bonds. The molecule has 0 saturated carbocycles. The third-order valence-corrected chi connectivity index (χ3v) is 2.76. The van der Waals surface area contributed by atoms with Gasteiger partial charge in [0.25, 0.3) is 0 Å². The highest BCUT2D eigenvalue weighted by molar-refractivity contribution is 5.90. The molecule has 0 bridgehead atoms. The van der Waals surface area contributed by atoms with Gasteiger partial charge < -0.3 is 5.11 Å². The van der Waals surface area contributed by atoms with Crippen molar-refractivity contribution in [2.45, 2.75) is 6.18 Å². The van der Waals surface area contributed by atoms with Crippen molar-refractivity contribution in [1.82, 2.24) is 0 Å². The molecule has 0 unspecified atom stereocenters. The predicted octanol–water partition coefficient (Wildman–Crippen LogP) is 4.74. The van der Waals surface area contributed by atoms with Crippen LogP contribution in [0.15, 0.2) is 36.4 Å². The Morgan fingerprint density at radius 3 is 2.09 bits per heavy atom. The third kappa shape index (κ3) is 3.51. The number of halogens is 5. The van der Waals surface area contributed by atoms with Crippen molar-refractivity contribution in [2.24, 2.45) is 0 Å². The molecular formula is C14H8F5NO2. The van der Waals surface area contributed by atoms with Gasteiger partial charge in [0.1, 0.15) is 11.6 Å². The van der Waals surface area contributed by atoms with Gasteiger partial charge in [0.2, 0.25) is 0 Å². The van der Waals surface area contributed by atoms with Gasteiger partial charge in [-0.1, -0.05) is 0 Å². The Morgan fingerprint density at radius 2 is 1.59 bits per heavy atom. The van der Waals surface area contributed by atoms with Crippen LogP contribution in [0, 0.1) is 11.6 Å². The van der Waals surface area contributed by atoms with Crippen molar-refractivity contribution in [3.05, 3.63) is 53.6 Å². The Bertz CT molecular complexity index is 707. The summed E-state index contributed by atoms with van der Waals surface area (Å²) in [5.74, 6) is -1.98. The minimum absolute atomic E-state index is 0.215. The number of amides is 1. The van der Waals surface area contributed by atoms with Crippen LogP contribution in [0.2, 0.25) is 0 Å². The van der Waals surface area contributed by atoms with Crippen molar-refractivity contribution < 1.29 is 31.9 Å². The van der Waals surface area contributed by atoms with Gasteiger partial charge in [-0.2, -0.15) is 13.2 Å². The molecule has 0 heterocycles. The lowest BCUT2D eigenvalue weighted by Gasteiger charge is -2.14. The summed E-state index contributed by atoms with van der Waals surface area (Å²) in [6.07, 6.45) is -6.19. The van der Waals surface area contributed by atoms with Crippen LogP contribution < -0.4 is 5.32 Å². The molecule has 0 radical (unpaired) electrons. The average molecular weight is 317 g/mol. The van der Waals surface area contributed by atoms with Gasteiger partial charge in [0.15, 0.2) is 0 Å². The van der Waals surface area contributed by atoms with Crippen molar-refractivity contribution in [2.75, 3.05) is 5.32 Å². The van der Waals surface area contributed by atoms with Gasteiger partial charge in [0.05, 0.1) is 11.3 Å². The van der Waals surface area contributed by atoms with Gasteiger partial charge >= 0.3 is 12.3 Å². The quantitative estimate of drug-likeness (QED) is 0.786. The molecule has 22 heavy (non-hydrogen) atoms. The molecule has 0 aliphatic carbocycles. The van der Waals surface area contributed by atoms with Crippen LogP contribution in [0.5, 0.6) is 0 Å². The average Bonchev–Trinajstić information content (AvgIpc) is 2.35. The van der Waals surface area contributed by atoms with Gasteiger partial charge in [-0.15, -0.1) is 0 Å². The van der Waals surface area contributed by atoms with Gasteiger partial charge in [-0.25, -0.2) is 13.6 Å². The van der Waals surface area contributed by atoms with E-state index in [2.05, 4.69) is 0 Å². The second kappa shape index (κ2) is 5.63. The van der Waals surface area contributed by atoms with Gasteiger partial charge in [0, 0.05) is 11.6 Å². The van der Waals surface area contributed by atoms with Crippen molar-refractivity contribution >= 4 is 11.8 Å². The summed E-state index contributed by atoms with van der Waals surface area (Å²) in [6.45, 7) is 0. The summed E-state index contributed by atoms with van der Waals surface area (Å²) in [5.41, 5.74) is -1.78. The van der Waals surface area contributed by atoms with Crippen LogP contribution in [-0.4, -0.2) is 11.2 Å². The zero-order valence-electron chi connectivity index (χ0n) is 10.7. The number of benzene rings is 2. The maximum Gasteiger partial charge on any atom is 0.416 e. The molecule has 0 aliphatic rings. The Morgan fingerprint density at radius 1 is 1.00 bits per heavy atom. The van der Waals surface area contributed by atoms with Crippen LogP contribution in [0.4, 0.5) is 32.4 Å². The molecule has 2 aromatic carbocycles. The number of carboxylic acid groups (broad SMARTS) is 1. The maximum atomic E-state index is 13.2. The lowest BCUT2D eigenvalue weighted by Crippen LogP contribution is -2.10. The van der Waals surface area contributed by atoms with E-state index in [9.17, 15) is 26.7 Å². The Labute approximate surface area is 121 Å². The number of carbonyl (C=O) groups is 1. The van der Waals surface area contributed by atoms with Crippen LogP contribution >= 0.6 is 0 Å². The molecule has 0 aliphatic heterocycles. The Hall–Kier alpha value is -2.64. The van der Waals surface area contributed by atoms with Crippen LogP contribution in [0.1, 0.15) is 5.56 Å². The van der Waals surface area contributed by atoms with Crippen LogP contribution in [0.25, 0.3) is 11.1 Å². The standard InChI is InChI=1S/C14H8F5NO2/c15-9-3-7(4-10(16)6-9)11-5-8(14(17,18)19)1-2-12(11)20-13(21)22/h1-6,20H,(H,21,22). The molecule has 0 atom stereocenters. The topological polar surface area (TPSA) is 49.3 Å². The van der Waals surface area contributed by atoms with Crippen LogP contribution in [0.3, 0.4) is 0 Å². The maximum absolute atomic E-state index is 13.2. The molecular weight excluding hydrogens is 309 g/mol. The smallest absolute Gasteiger partial charge is 0.416 e. The van der Waals surface area contributed by atoms with E-state index in [0.29, 0.717) is 18.2 Å². The first-order chi connectivity index (χ1) is 10.2. The summed E-state index contributed by atoms with van der Waals surface area (Å²) in [7, 11) is 0. The lowest BCUT2D eigenvalue weighted by molar-refractivity contribution is -0.137. The first kappa shape index (κ1) is 15.7. The second-order valence-corrected chi connectivity index (χ2v) is 4.35. The van der Waals surface area contributed by atoms with E-state index in [1.165, 1.54) is 0 Å². The van der Waals surface area contributed by atoms with E-state index < -0.39 is 29.5 Å². The molecule has 0 spiro atoms. The van der Waals surface area contributed by atoms with E-state index in [-0.39, 0.29) is 16.8 Å². The highest BCUT2D eigenvalue weighted by Crippen LogP contribution is 2.36. The lowest BCUT2D eigenvalue weighted by atomic mass is 10.00. The third-order valence-electron chi connectivity index (χ3n) is 2.76. The number of hydrogen-bond acceptors (Lipinski definition) is 1. The summed E-state index contributed by atoms with van der Waals surface area (Å²) in [6, 6.07) is 4.36. The minimum atomic E-state index is -4.68. The Balaban J connectivity index is 2.65. The summed E-state index contributed by atoms with van der Waals surface area (Å²) >= 11 is 0. The van der Waals surface area contributed by atoms with E-state index >= 15 is 0 Å². The number of rotatable bonds is 2. The minimum Gasteiger partial charge on any atom is -0.465 e. The van der Waals surface area contributed by atoms with Gasteiger partial charge in [-0.3, -0.25) is 5.32 Å². The van der Waals surface area contributed by atoms with Crippen LogP contribution in [-0.2, 0) is 6.18 Å². The first-order valence-corrected chi connectivity index (χ1v) is 5.84. The largest absolute Gasteiger partial charge is 0.465 e. The van der Waals surface area contributed by atoms with E-state index in [1.54, 1.807) is 0 Å². The first-order valence-electron chi connectivity index (χ1n) is 5.84. The summed E-state index contributed by atoms with van der Waals surface area (Å²) < 4.78 is 64.7. The second-order valence-electron chi connectivity index (χ2n) is 4.35. The highest BCUT2D eigenvalue weighted by atomic mass is 19.4. The monoisotopic (exact) mass is 317 g/mol. The summed E-state index contributed by atoms with van der Waals surface area (Å²) in [4.78, 5) is 10.7. The predicted molar refractivity (Wildman–Crippen MR) is 68.4 cm³/mol. The number of nitrogens with one attached hydrogen (secondary N) is 1. The van der Waals surface area contributed by atoms with E-state index in [1.807, 2.05) is 5.32 Å². The fraction of sp³-hybridized carbons (Fsp3) is 0.0714. The van der Waals surface area contributed by atoms with Crippen molar-refractivity contribution in [3.8, 4) is 11.1 Å². The summed E-state index contributed by atoms with van der Waals surface area (Å²) in [5, 5.41) is 10.6. The zero-order valence-corrected chi connectivity index (χ0v) is 10.7. The molecule has 3 nitrogen and oxygen atoms in total. The van der Waals surface area contributed by atoms with E-state index in [4.69, 9.17) is 5.11 Å². The highest BCUT2D eigenvalue weighted by Gasteiger charge is 2.31. The molecule has 2 rings (SSSR count). The fourth-order valence-electron chi connectivity index (χ4n) is 1.89. The molecule has 0 aromatic heterocycles.